The van der Waals surface area contributed by atoms with Gasteiger partial charge < -0.3 is 19.3 Å². The van der Waals surface area contributed by atoms with E-state index in [0.717, 1.165) is 33.4 Å². The van der Waals surface area contributed by atoms with Gasteiger partial charge in [-0.2, -0.15) is 0 Å². The van der Waals surface area contributed by atoms with Gasteiger partial charge in [0.25, 0.3) is 5.91 Å². The average molecular weight is 604 g/mol. The van der Waals surface area contributed by atoms with Gasteiger partial charge in [0.15, 0.2) is 0 Å². The molecule has 10 heteroatoms. The lowest BCUT2D eigenvalue weighted by Crippen LogP contribution is -2.54. The van der Waals surface area contributed by atoms with Crippen LogP contribution in [0.4, 0.5) is 10.5 Å². The van der Waals surface area contributed by atoms with E-state index in [9.17, 15) is 14.4 Å². The van der Waals surface area contributed by atoms with Gasteiger partial charge in [-0.05, 0) is 68.1 Å². The predicted octanol–water partition coefficient (Wildman–Crippen LogP) is 5.23. The van der Waals surface area contributed by atoms with E-state index in [1.54, 1.807) is 38.8 Å². The Morgan fingerprint density at radius 3 is 2.51 bits per heavy atom. The van der Waals surface area contributed by atoms with Crippen molar-refractivity contribution in [2.24, 2.45) is 4.99 Å². The number of nitrogens with one attached hydrogen (secondary N) is 1. The lowest BCUT2D eigenvalue weighted by atomic mass is 10.0. The third kappa shape index (κ3) is 7.17. The Labute approximate surface area is 257 Å². The maximum Gasteiger partial charge on any atom is 0.425 e. The number of piperidine rings is 1. The second-order valence-corrected chi connectivity index (χ2v) is 12.5. The topological polar surface area (TPSA) is 94.5 Å². The van der Waals surface area contributed by atoms with Gasteiger partial charge in [-0.1, -0.05) is 54.1 Å². The van der Waals surface area contributed by atoms with E-state index in [0.29, 0.717) is 43.7 Å². The van der Waals surface area contributed by atoms with Crippen LogP contribution in [0, 0.1) is 0 Å². The molecule has 2 heterocycles. The molecule has 3 aromatic rings. The molecule has 2 amide bonds. The first-order chi connectivity index (χ1) is 20.5. The third-order valence-corrected chi connectivity index (χ3v) is 7.94. The highest BCUT2D eigenvalue weighted by atomic mass is 35.5. The van der Waals surface area contributed by atoms with Crippen molar-refractivity contribution in [3.63, 3.8) is 0 Å². The number of ether oxygens (including phenoxy) is 1. The maximum atomic E-state index is 13.8. The fourth-order valence-corrected chi connectivity index (χ4v) is 5.75. The molecule has 1 unspecified atom stereocenters. The van der Waals surface area contributed by atoms with Gasteiger partial charge in [0.2, 0.25) is 0 Å². The summed E-state index contributed by atoms with van der Waals surface area (Å²) in [6, 6.07) is 19.3. The summed E-state index contributed by atoms with van der Waals surface area (Å²) < 4.78 is 5.47. The zero-order chi connectivity index (χ0) is 30.7. The average Bonchev–Trinajstić information content (AvgIpc) is 3.06. The van der Waals surface area contributed by atoms with Crippen LogP contribution in [0.25, 0.3) is 10.8 Å². The quantitative estimate of drug-likeness (QED) is 0.306. The van der Waals surface area contributed by atoms with Crippen molar-refractivity contribution in [1.29, 1.82) is 0 Å². The molecule has 5 rings (SSSR count). The van der Waals surface area contributed by atoms with E-state index in [4.69, 9.17) is 21.3 Å². The molecule has 1 saturated heterocycles. The molecule has 1 N–H and O–H groups in total. The lowest BCUT2D eigenvalue weighted by molar-refractivity contribution is -0.119. The maximum absolute atomic E-state index is 13.8. The van der Waals surface area contributed by atoms with E-state index >= 15 is 0 Å². The van der Waals surface area contributed by atoms with Crippen LogP contribution in [0.2, 0.25) is 5.02 Å². The number of aliphatic imine (C=N–C) groups is 1. The van der Waals surface area contributed by atoms with Crippen molar-refractivity contribution >= 4 is 52.2 Å². The zero-order valence-electron chi connectivity index (χ0n) is 25.0. The Kier molecular flexibility index (Phi) is 9.03. The number of carbonyl (C=O) groups is 3. The number of likely N-dealkylation sites (tertiary alicyclic amines) is 1. The second kappa shape index (κ2) is 12.7. The van der Waals surface area contributed by atoms with E-state index in [1.165, 1.54) is 5.01 Å². The minimum absolute atomic E-state index is 0.0494. The summed E-state index contributed by atoms with van der Waals surface area (Å²) in [5.41, 5.74) is 5.13. The lowest BCUT2D eigenvalue weighted by Gasteiger charge is -2.37. The van der Waals surface area contributed by atoms with Crippen LogP contribution in [0.5, 0.6) is 0 Å². The summed E-state index contributed by atoms with van der Waals surface area (Å²) in [7, 11) is 1.79. The van der Waals surface area contributed by atoms with Crippen LogP contribution in [0.15, 0.2) is 65.7 Å². The van der Waals surface area contributed by atoms with Crippen LogP contribution in [0.1, 0.15) is 44.7 Å². The summed E-state index contributed by atoms with van der Waals surface area (Å²) in [4.78, 5) is 46.7. The number of anilines is 1. The van der Waals surface area contributed by atoms with Gasteiger partial charge in [0, 0.05) is 43.2 Å². The van der Waals surface area contributed by atoms with E-state index in [2.05, 4.69) is 40.7 Å². The minimum Gasteiger partial charge on any atom is -0.443 e. The number of nitrogens with zero attached hydrogens (tertiary/aromatic N) is 4. The number of halogens is 1. The van der Waals surface area contributed by atoms with E-state index in [1.807, 2.05) is 24.3 Å². The van der Waals surface area contributed by atoms with Gasteiger partial charge in [0.05, 0.1) is 12.2 Å². The molecule has 0 bridgehead atoms. The smallest absolute Gasteiger partial charge is 0.425 e. The number of rotatable bonds is 6. The first-order valence-corrected chi connectivity index (χ1v) is 15.0. The van der Waals surface area contributed by atoms with Crippen LogP contribution in [0.3, 0.4) is 0 Å². The molecule has 0 saturated carbocycles. The van der Waals surface area contributed by atoms with Crippen molar-refractivity contribution in [3.8, 4) is 0 Å². The first kappa shape index (κ1) is 30.5. The van der Waals surface area contributed by atoms with Gasteiger partial charge in [-0.3, -0.25) is 9.79 Å². The highest BCUT2D eigenvalue weighted by molar-refractivity contribution is 6.31. The number of benzodiazepines with no additional fused rings is 1. The Bertz CT molecular complexity index is 1540. The molecular weight excluding hydrogens is 566 g/mol. The summed E-state index contributed by atoms with van der Waals surface area (Å²) in [6.07, 6.45) is 1.93. The van der Waals surface area contributed by atoms with Gasteiger partial charge >= 0.3 is 6.09 Å². The second-order valence-electron chi connectivity index (χ2n) is 12.1. The number of hydrogen-bond acceptors (Lipinski definition) is 7. The number of likely N-dealkylation sites (N-methyl/N-ethyl adjacent to an activating group) is 1. The Morgan fingerprint density at radius 2 is 1.81 bits per heavy atom. The van der Waals surface area contributed by atoms with Crippen molar-refractivity contribution < 1.29 is 19.1 Å². The predicted molar refractivity (Wildman–Crippen MR) is 170 cm³/mol. The van der Waals surface area contributed by atoms with E-state index < -0.39 is 17.7 Å². The normalized spacial score (nSPS) is 17.7. The fraction of sp³-hybridized carbons (Fsp3) is 0.394. The van der Waals surface area contributed by atoms with Crippen molar-refractivity contribution in [2.45, 2.75) is 57.7 Å². The van der Waals surface area contributed by atoms with Crippen molar-refractivity contribution in [1.82, 2.24) is 15.3 Å². The summed E-state index contributed by atoms with van der Waals surface area (Å²) in [5.74, 6) is 0.654. The standard InChI is InChI=1S/C33H38ClN5O4/c1-33(2,3)43-32(42)39(17-18-40)36-26-13-15-38(16-14-26)30-27-21-25(34)11-12-29(27)37(4)31(41)28(35-30)20-22-9-10-23-7-5-6-8-24(23)19-22/h5-12,18-19,21,26,28,36H,13-17,20H2,1-4H3. The summed E-state index contributed by atoms with van der Waals surface area (Å²) >= 11 is 6.46. The number of amides is 2. The summed E-state index contributed by atoms with van der Waals surface area (Å²) in [5, 5.41) is 4.08. The summed E-state index contributed by atoms with van der Waals surface area (Å²) in [6.45, 7) is 6.51. The van der Waals surface area contributed by atoms with Gasteiger partial charge in [0.1, 0.15) is 23.8 Å². The highest BCUT2D eigenvalue weighted by Crippen LogP contribution is 2.31. The van der Waals surface area contributed by atoms with Crippen LogP contribution >= 0.6 is 11.6 Å². The largest absolute Gasteiger partial charge is 0.443 e. The number of amidine groups is 1. The molecule has 9 nitrogen and oxygen atoms in total. The van der Waals surface area contributed by atoms with Crippen molar-refractivity contribution in [3.05, 3.63) is 76.8 Å². The monoisotopic (exact) mass is 603 g/mol. The molecule has 226 valence electrons. The molecule has 0 spiro atoms. The number of benzene rings is 3. The molecule has 2 aliphatic heterocycles. The SMILES string of the molecule is CN1C(=O)C(Cc2ccc3ccccc3c2)N=C(N2CCC(NN(CC=O)C(=O)OC(C)(C)C)CC2)c2cc(Cl)ccc21. The minimum atomic E-state index is -0.677. The Hall–Kier alpha value is -3.95. The third-order valence-electron chi connectivity index (χ3n) is 7.70. The zero-order valence-corrected chi connectivity index (χ0v) is 25.8. The highest BCUT2D eigenvalue weighted by Gasteiger charge is 2.34. The van der Waals surface area contributed by atoms with Gasteiger partial charge in [-0.25, -0.2) is 15.2 Å². The Balaban J connectivity index is 1.39. The van der Waals surface area contributed by atoms with Gasteiger partial charge in [-0.15, -0.1) is 0 Å². The molecule has 2 aliphatic rings. The Morgan fingerprint density at radius 1 is 1.09 bits per heavy atom. The number of hydrazine groups is 1. The van der Waals surface area contributed by atoms with E-state index in [-0.39, 0.29) is 18.5 Å². The molecule has 1 fully saturated rings. The fourth-order valence-electron chi connectivity index (χ4n) is 5.58. The molecule has 0 aromatic heterocycles. The number of fused-ring (bicyclic) bond motifs is 2. The molecule has 43 heavy (non-hydrogen) atoms. The van der Waals surface area contributed by atoms with Crippen LogP contribution < -0.4 is 10.3 Å². The molecule has 0 radical (unpaired) electrons. The number of carbonyl (C=O) groups excluding carboxylic acids is 3. The molecule has 0 aliphatic carbocycles. The molecule has 3 aromatic carbocycles. The number of aldehydes is 1. The number of hydrogen-bond donors (Lipinski definition) is 1. The van der Waals surface area contributed by atoms with Crippen molar-refractivity contribution in [2.75, 3.05) is 31.6 Å². The van der Waals surface area contributed by atoms with Crippen LogP contribution in [-0.2, 0) is 20.7 Å². The molecular formula is C33H38ClN5O4. The first-order valence-electron chi connectivity index (χ1n) is 14.6. The van der Waals surface area contributed by atoms with Crippen LogP contribution in [-0.4, -0.2) is 78.4 Å². The molecule has 1 atom stereocenters.